The number of hydrogen-bond acceptors (Lipinski definition) is 7. The van der Waals surface area contributed by atoms with E-state index in [4.69, 9.17) is 14.5 Å². The number of carbonyl (C=O) groups excluding carboxylic acids is 1. The normalized spacial score (nSPS) is 15.6. The summed E-state index contributed by atoms with van der Waals surface area (Å²) in [4.78, 5) is 21.5. The second kappa shape index (κ2) is 8.99. The first kappa shape index (κ1) is 21.5. The minimum atomic E-state index is -0.0202. The minimum Gasteiger partial charge on any atom is -0.437 e. The van der Waals surface area contributed by atoms with Crippen LogP contribution in [0.15, 0.2) is 55.0 Å². The molecule has 1 aliphatic carbocycles. The maximum absolute atomic E-state index is 12.6. The number of pyridine rings is 1. The maximum atomic E-state index is 12.6. The molecule has 2 aliphatic rings. The second-order valence-electron chi connectivity index (χ2n) is 9.13. The Balaban J connectivity index is 0.00000267. The molecule has 1 saturated heterocycles. The van der Waals surface area contributed by atoms with Crippen LogP contribution in [0.4, 0.5) is 5.82 Å². The van der Waals surface area contributed by atoms with Crippen molar-refractivity contribution in [1.82, 2.24) is 24.9 Å². The average molecular weight is 473 g/mol. The highest BCUT2D eigenvalue weighted by Gasteiger charge is 2.25. The monoisotopic (exact) mass is 472 g/mol. The largest absolute Gasteiger partial charge is 0.437 e. The Morgan fingerprint density at radius 3 is 2.83 bits per heavy atom. The van der Waals surface area contributed by atoms with Crippen molar-refractivity contribution in [3.63, 3.8) is 0 Å². The predicted octanol–water partition coefficient (Wildman–Crippen LogP) is 4.09. The van der Waals surface area contributed by atoms with Gasteiger partial charge >= 0.3 is 0 Å². The number of hydrogen-bond donors (Lipinski definition) is 2. The van der Waals surface area contributed by atoms with Gasteiger partial charge in [0.2, 0.25) is 5.88 Å². The van der Waals surface area contributed by atoms with Gasteiger partial charge in [0.05, 0.1) is 25.6 Å². The van der Waals surface area contributed by atoms with E-state index in [-0.39, 0.29) is 7.33 Å². The maximum Gasteiger partial charge on any atom is 0.251 e. The van der Waals surface area contributed by atoms with Gasteiger partial charge in [0, 0.05) is 43.3 Å². The summed E-state index contributed by atoms with van der Waals surface area (Å²) in [7, 11) is 0. The van der Waals surface area contributed by atoms with Crippen molar-refractivity contribution in [2.75, 3.05) is 25.1 Å². The molecule has 1 amide bonds. The van der Waals surface area contributed by atoms with Crippen molar-refractivity contribution in [2.24, 2.45) is 5.92 Å². The van der Waals surface area contributed by atoms with E-state index in [1.807, 2.05) is 43.3 Å². The fraction of sp³-hybridized carbons (Fsp3) is 0.308. The molecule has 0 unspecified atom stereocenters. The zero-order valence-corrected chi connectivity index (χ0v) is 19.4. The predicted molar refractivity (Wildman–Crippen MR) is 133 cm³/mol. The number of aryl methyl sites for hydroxylation is 1. The molecule has 0 spiro atoms. The molecule has 9 heteroatoms. The molecule has 3 aromatic heterocycles. The zero-order valence-electron chi connectivity index (χ0n) is 19.4. The summed E-state index contributed by atoms with van der Waals surface area (Å²) in [6.07, 6.45) is 7.27. The molecule has 1 aromatic carbocycles. The van der Waals surface area contributed by atoms with Crippen LogP contribution in [0.25, 0.3) is 16.8 Å². The van der Waals surface area contributed by atoms with Crippen LogP contribution in [0, 0.1) is 12.8 Å². The van der Waals surface area contributed by atoms with Crippen LogP contribution in [-0.2, 0) is 4.74 Å². The van der Waals surface area contributed by atoms with Crippen molar-refractivity contribution < 1.29 is 15.7 Å². The summed E-state index contributed by atoms with van der Waals surface area (Å²) in [6.45, 7) is 4.23. The number of fused-ring (bicyclic) bond motifs is 1. The lowest BCUT2D eigenvalue weighted by atomic mass is 10.0. The van der Waals surface area contributed by atoms with Crippen LogP contribution < -0.4 is 15.4 Å². The number of anilines is 1. The number of aromatic nitrogens is 4. The van der Waals surface area contributed by atoms with E-state index in [1.165, 1.54) is 0 Å². The van der Waals surface area contributed by atoms with Gasteiger partial charge in [0.25, 0.3) is 5.91 Å². The number of amides is 1. The highest BCUT2D eigenvalue weighted by molar-refractivity contribution is 5.97. The van der Waals surface area contributed by atoms with E-state index in [0.717, 1.165) is 55.1 Å². The molecule has 180 valence electrons. The van der Waals surface area contributed by atoms with E-state index in [2.05, 4.69) is 20.7 Å². The Bertz CT molecular complexity index is 1390. The third kappa shape index (κ3) is 4.54. The number of benzene rings is 1. The number of carbonyl (C=O) groups is 1. The first-order chi connectivity index (χ1) is 17.1. The van der Waals surface area contributed by atoms with Crippen molar-refractivity contribution >= 4 is 17.4 Å². The minimum absolute atomic E-state index is 0. The van der Waals surface area contributed by atoms with Gasteiger partial charge in [-0.2, -0.15) is 14.6 Å². The van der Waals surface area contributed by atoms with Gasteiger partial charge in [-0.3, -0.25) is 9.78 Å². The van der Waals surface area contributed by atoms with E-state index in [1.54, 1.807) is 23.1 Å². The van der Waals surface area contributed by atoms with Gasteiger partial charge in [0.15, 0.2) is 5.65 Å². The molecule has 0 bridgehead atoms. The Hall–Kier alpha value is -3.98. The number of rotatable bonds is 8. The van der Waals surface area contributed by atoms with Crippen LogP contribution in [-0.4, -0.2) is 51.3 Å². The smallest absolute Gasteiger partial charge is 0.251 e. The van der Waals surface area contributed by atoms with Gasteiger partial charge in [-0.05, 0) is 49.1 Å². The van der Waals surface area contributed by atoms with E-state index in [0.29, 0.717) is 34.8 Å². The van der Waals surface area contributed by atoms with Gasteiger partial charge in [-0.1, -0.05) is 12.1 Å². The van der Waals surface area contributed by atoms with Crippen LogP contribution in [0.5, 0.6) is 11.6 Å². The van der Waals surface area contributed by atoms with Crippen LogP contribution in [0.3, 0.4) is 0 Å². The number of nitrogens with one attached hydrogen (secondary N) is 2. The highest BCUT2D eigenvalue weighted by Crippen LogP contribution is 2.31. The third-order valence-electron chi connectivity index (χ3n) is 6.28. The SMILES string of the molecule is Cc1cc(-c2cnn3c(NCC4COC4)cc(Oc4cccnc4)nc23)ccc1C(=O)NC1CC1.[HH]. The van der Waals surface area contributed by atoms with Crippen molar-refractivity contribution in [1.29, 1.82) is 0 Å². The molecular formula is C26H28N6O3. The molecule has 1 saturated carbocycles. The van der Waals surface area contributed by atoms with Gasteiger partial charge in [0.1, 0.15) is 11.6 Å². The third-order valence-corrected chi connectivity index (χ3v) is 6.28. The lowest BCUT2D eigenvalue weighted by Gasteiger charge is -2.26. The standard InChI is InChI=1S/C26H26N6O3.H2/c1-16-9-18(4-7-21(16)26(33)30-19-5-6-19)22-13-29-32-23(28-11-17-14-34-15-17)10-24(31-25(22)32)35-20-3-2-8-27-12-20;/h2-4,7-10,12-13,17,19,28H,5-6,11,14-15H2,1H3,(H,30,33);1H. The molecule has 2 fully saturated rings. The molecule has 0 atom stereocenters. The lowest BCUT2D eigenvalue weighted by Crippen LogP contribution is -2.33. The topological polar surface area (TPSA) is 103 Å². The molecule has 4 aromatic rings. The Morgan fingerprint density at radius 1 is 1.23 bits per heavy atom. The fourth-order valence-corrected chi connectivity index (χ4v) is 4.08. The van der Waals surface area contributed by atoms with E-state index >= 15 is 0 Å². The first-order valence-corrected chi connectivity index (χ1v) is 11.8. The number of ether oxygens (including phenoxy) is 2. The molecule has 35 heavy (non-hydrogen) atoms. The fourth-order valence-electron chi connectivity index (χ4n) is 4.08. The average Bonchev–Trinajstić information content (AvgIpc) is 3.54. The highest BCUT2D eigenvalue weighted by atomic mass is 16.5. The molecule has 6 rings (SSSR count). The number of nitrogens with zero attached hydrogens (tertiary/aromatic N) is 4. The first-order valence-electron chi connectivity index (χ1n) is 11.8. The van der Waals surface area contributed by atoms with Crippen molar-refractivity contribution in [2.45, 2.75) is 25.8 Å². The lowest BCUT2D eigenvalue weighted by molar-refractivity contribution is -0.0249. The zero-order chi connectivity index (χ0) is 23.8. The summed E-state index contributed by atoms with van der Waals surface area (Å²) in [5.74, 6) is 2.27. The molecule has 9 nitrogen and oxygen atoms in total. The molecular weight excluding hydrogens is 444 g/mol. The Labute approximate surface area is 204 Å². The van der Waals surface area contributed by atoms with Crippen LogP contribution >= 0.6 is 0 Å². The quantitative estimate of drug-likeness (QED) is 0.398. The van der Waals surface area contributed by atoms with Gasteiger partial charge in [-0.25, -0.2) is 0 Å². The van der Waals surface area contributed by atoms with Crippen molar-refractivity contribution in [3.05, 3.63) is 66.1 Å². The van der Waals surface area contributed by atoms with Crippen LogP contribution in [0.1, 0.15) is 30.2 Å². The summed E-state index contributed by atoms with van der Waals surface area (Å²) in [5.41, 5.74) is 4.05. The van der Waals surface area contributed by atoms with E-state index < -0.39 is 0 Å². The molecule has 0 radical (unpaired) electrons. The van der Waals surface area contributed by atoms with Crippen LogP contribution in [0.2, 0.25) is 0 Å². The van der Waals surface area contributed by atoms with Crippen molar-refractivity contribution in [3.8, 4) is 22.8 Å². The van der Waals surface area contributed by atoms with Gasteiger partial charge < -0.3 is 20.1 Å². The molecule has 1 aliphatic heterocycles. The molecule has 4 heterocycles. The Kier molecular flexibility index (Phi) is 5.54. The summed E-state index contributed by atoms with van der Waals surface area (Å²) >= 11 is 0. The summed E-state index contributed by atoms with van der Waals surface area (Å²) < 4.78 is 13.1. The molecule has 2 N–H and O–H groups in total. The Morgan fingerprint density at radius 2 is 2.11 bits per heavy atom. The van der Waals surface area contributed by atoms with Gasteiger partial charge in [-0.15, -0.1) is 0 Å². The summed E-state index contributed by atoms with van der Waals surface area (Å²) in [6, 6.07) is 11.6. The van der Waals surface area contributed by atoms with E-state index in [9.17, 15) is 4.79 Å². The summed E-state index contributed by atoms with van der Waals surface area (Å²) in [5, 5.41) is 11.1. The second-order valence-corrected chi connectivity index (χ2v) is 9.13.